The molecule has 0 spiro atoms. The molecule has 0 atom stereocenters. The van der Waals surface area contributed by atoms with Gasteiger partial charge in [-0.25, -0.2) is 4.79 Å². The van der Waals surface area contributed by atoms with Crippen molar-refractivity contribution < 1.29 is 14.3 Å². The fraction of sp³-hybridized carbons (Fsp3) is 0.227. The number of amides is 1. The van der Waals surface area contributed by atoms with Crippen LogP contribution in [0.15, 0.2) is 54.1 Å². The molecule has 6 heteroatoms. The molecule has 2 aromatic rings. The lowest BCUT2D eigenvalue weighted by Crippen LogP contribution is -2.28. The van der Waals surface area contributed by atoms with E-state index in [9.17, 15) is 14.9 Å². The van der Waals surface area contributed by atoms with Gasteiger partial charge >= 0.3 is 5.97 Å². The number of nitrogens with one attached hydrogen (secondary N) is 1. The summed E-state index contributed by atoms with van der Waals surface area (Å²) < 4.78 is 4.93. The molecule has 0 aliphatic carbocycles. The summed E-state index contributed by atoms with van der Waals surface area (Å²) in [6, 6.07) is 16.5. The van der Waals surface area contributed by atoms with Crippen molar-refractivity contribution >= 4 is 29.6 Å². The van der Waals surface area contributed by atoms with Crippen LogP contribution in [0.4, 0.5) is 0 Å². The van der Waals surface area contributed by atoms with Gasteiger partial charge in [0.25, 0.3) is 5.91 Å². The highest BCUT2D eigenvalue weighted by Crippen LogP contribution is 2.17. The standard InChI is InChI=1S/C22H21ClN2O3/c1-15(2)17-9-7-16(8-10-17)11-19(12-24)22(27)28-14-21(26)25-13-18-5-3-4-6-20(18)23/h3-11,15H,13-14H2,1-2H3,(H,25,26)/b19-11+. The molecule has 0 aromatic heterocycles. The van der Waals surface area contributed by atoms with Gasteiger partial charge in [0.15, 0.2) is 6.61 Å². The van der Waals surface area contributed by atoms with Crippen molar-refractivity contribution in [3.05, 3.63) is 75.8 Å². The normalized spacial score (nSPS) is 11.0. The molecule has 0 unspecified atom stereocenters. The van der Waals surface area contributed by atoms with E-state index in [1.54, 1.807) is 18.2 Å². The van der Waals surface area contributed by atoms with Crippen LogP contribution in [0.1, 0.15) is 36.5 Å². The lowest BCUT2D eigenvalue weighted by atomic mass is 10.0. The summed E-state index contributed by atoms with van der Waals surface area (Å²) in [5.41, 5.74) is 2.46. The molecule has 0 fully saturated rings. The fourth-order valence-corrected chi connectivity index (χ4v) is 2.58. The van der Waals surface area contributed by atoms with Crippen molar-refractivity contribution in [3.8, 4) is 6.07 Å². The average Bonchev–Trinajstić information content (AvgIpc) is 2.70. The Labute approximate surface area is 169 Å². The highest BCUT2D eigenvalue weighted by molar-refractivity contribution is 6.31. The van der Waals surface area contributed by atoms with E-state index in [2.05, 4.69) is 19.2 Å². The number of carbonyl (C=O) groups excluding carboxylic acids is 2. The zero-order valence-electron chi connectivity index (χ0n) is 15.7. The molecule has 0 bridgehead atoms. The first-order valence-corrected chi connectivity index (χ1v) is 9.17. The summed E-state index contributed by atoms with van der Waals surface area (Å²) in [6.45, 7) is 3.91. The van der Waals surface area contributed by atoms with Gasteiger partial charge in [-0.05, 0) is 34.8 Å². The van der Waals surface area contributed by atoms with Gasteiger partial charge < -0.3 is 10.1 Å². The second kappa shape index (κ2) is 10.3. The third kappa shape index (κ3) is 6.26. The highest BCUT2D eigenvalue weighted by atomic mass is 35.5. The van der Waals surface area contributed by atoms with E-state index in [0.717, 1.165) is 11.1 Å². The lowest BCUT2D eigenvalue weighted by molar-refractivity contribution is -0.144. The van der Waals surface area contributed by atoms with Gasteiger partial charge in [-0.3, -0.25) is 4.79 Å². The van der Waals surface area contributed by atoms with Gasteiger partial charge in [0.1, 0.15) is 11.6 Å². The Hall–Kier alpha value is -3.10. The first-order valence-electron chi connectivity index (χ1n) is 8.79. The largest absolute Gasteiger partial charge is 0.451 e. The van der Waals surface area contributed by atoms with E-state index >= 15 is 0 Å². The van der Waals surface area contributed by atoms with Gasteiger partial charge in [0, 0.05) is 11.6 Å². The molecular weight excluding hydrogens is 376 g/mol. The van der Waals surface area contributed by atoms with Crippen LogP contribution in [-0.4, -0.2) is 18.5 Å². The minimum absolute atomic E-state index is 0.170. The van der Waals surface area contributed by atoms with Gasteiger partial charge in [-0.1, -0.05) is 67.9 Å². The molecule has 0 heterocycles. The van der Waals surface area contributed by atoms with Crippen molar-refractivity contribution in [1.82, 2.24) is 5.32 Å². The number of rotatable bonds is 7. The second-order valence-corrected chi connectivity index (χ2v) is 6.84. The van der Waals surface area contributed by atoms with E-state index in [0.29, 0.717) is 16.5 Å². The van der Waals surface area contributed by atoms with Gasteiger partial charge in [0.2, 0.25) is 0 Å². The predicted octanol–water partition coefficient (Wildman–Crippen LogP) is 4.23. The van der Waals surface area contributed by atoms with E-state index < -0.39 is 18.5 Å². The number of halogens is 1. The number of benzene rings is 2. The van der Waals surface area contributed by atoms with Gasteiger partial charge in [-0.15, -0.1) is 0 Å². The maximum absolute atomic E-state index is 12.1. The molecule has 2 rings (SSSR count). The first-order chi connectivity index (χ1) is 13.4. The molecule has 28 heavy (non-hydrogen) atoms. The van der Waals surface area contributed by atoms with E-state index in [-0.39, 0.29) is 12.1 Å². The number of hydrogen-bond donors (Lipinski definition) is 1. The van der Waals surface area contributed by atoms with Crippen LogP contribution in [0, 0.1) is 11.3 Å². The summed E-state index contributed by atoms with van der Waals surface area (Å²) in [5.74, 6) is -0.933. The number of esters is 1. The van der Waals surface area contributed by atoms with E-state index in [1.807, 2.05) is 36.4 Å². The number of nitriles is 1. The maximum atomic E-state index is 12.1. The SMILES string of the molecule is CC(C)c1ccc(/C=C(\C#N)C(=O)OCC(=O)NCc2ccccc2Cl)cc1. The topological polar surface area (TPSA) is 79.2 Å². The minimum Gasteiger partial charge on any atom is -0.451 e. The summed E-state index contributed by atoms with van der Waals surface area (Å²) in [4.78, 5) is 23.9. The molecule has 0 aliphatic rings. The van der Waals surface area contributed by atoms with Crippen LogP contribution in [0.25, 0.3) is 6.08 Å². The Morgan fingerprint density at radius 2 is 1.86 bits per heavy atom. The Balaban J connectivity index is 1.90. The van der Waals surface area contributed by atoms with Gasteiger partial charge in [0.05, 0.1) is 0 Å². The summed E-state index contributed by atoms with van der Waals surface area (Å²) in [7, 11) is 0. The number of hydrogen-bond acceptors (Lipinski definition) is 4. The third-order valence-corrected chi connectivity index (χ3v) is 4.39. The Morgan fingerprint density at radius 3 is 2.46 bits per heavy atom. The fourth-order valence-electron chi connectivity index (χ4n) is 2.38. The molecule has 1 amide bonds. The molecule has 144 valence electrons. The Bertz CT molecular complexity index is 912. The van der Waals surface area contributed by atoms with Crippen LogP contribution in [-0.2, 0) is 20.9 Å². The van der Waals surface area contributed by atoms with Crippen LogP contribution < -0.4 is 5.32 Å². The highest BCUT2D eigenvalue weighted by Gasteiger charge is 2.13. The summed E-state index contributed by atoms with van der Waals surface area (Å²) in [6.07, 6.45) is 1.44. The van der Waals surface area contributed by atoms with Crippen molar-refractivity contribution in [3.63, 3.8) is 0 Å². The number of nitrogens with zero attached hydrogens (tertiary/aromatic N) is 1. The second-order valence-electron chi connectivity index (χ2n) is 6.44. The number of carbonyl (C=O) groups is 2. The van der Waals surface area contributed by atoms with Gasteiger partial charge in [-0.2, -0.15) is 5.26 Å². The Morgan fingerprint density at radius 1 is 1.18 bits per heavy atom. The van der Waals surface area contributed by atoms with Crippen molar-refractivity contribution in [2.24, 2.45) is 0 Å². The predicted molar refractivity (Wildman–Crippen MR) is 108 cm³/mol. The van der Waals surface area contributed by atoms with Crippen LogP contribution >= 0.6 is 11.6 Å². The average molecular weight is 397 g/mol. The molecule has 5 nitrogen and oxygen atoms in total. The lowest BCUT2D eigenvalue weighted by Gasteiger charge is -2.08. The van der Waals surface area contributed by atoms with E-state index in [1.165, 1.54) is 6.08 Å². The molecule has 0 radical (unpaired) electrons. The van der Waals surface area contributed by atoms with Crippen LogP contribution in [0.3, 0.4) is 0 Å². The zero-order valence-corrected chi connectivity index (χ0v) is 16.5. The minimum atomic E-state index is -0.844. The summed E-state index contributed by atoms with van der Waals surface area (Å²) >= 11 is 6.02. The molecule has 0 saturated carbocycles. The molecular formula is C22H21ClN2O3. The smallest absolute Gasteiger partial charge is 0.349 e. The van der Waals surface area contributed by atoms with Crippen LogP contribution in [0.2, 0.25) is 5.02 Å². The number of ether oxygens (including phenoxy) is 1. The van der Waals surface area contributed by atoms with Crippen molar-refractivity contribution in [2.45, 2.75) is 26.3 Å². The third-order valence-electron chi connectivity index (χ3n) is 4.02. The molecule has 1 N–H and O–H groups in total. The molecule has 0 saturated heterocycles. The molecule has 0 aliphatic heterocycles. The first kappa shape index (κ1) is 21.2. The van der Waals surface area contributed by atoms with E-state index in [4.69, 9.17) is 16.3 Å². The Kier molecular flexibility index (Phi) is 7.79. The maximum Gasteiger partial charge on any atom is 0.349 e. The van der Waals surface area contributed by atoms with Crippen molar-refractivity contribution in [1.29, 1.82) is 5.26 Å². The van der Waals surface area contributed by atoms with Crippen LogP contribution in [0.5, 0.6) is 0 Å². The monoisotopic (exact) mass is 396 g/mol. The quantitative estimate of drug-likeness (QED) is 0.431. The zero-order chi connectivity index (χ0) is 20.5. The molecule has 2 aromatic carbocycles. The summed E-state index contributed by atoms with van der Waals surface area (Å²) in [5, 5.41) is 12.4. The van der Waals surface area contributed by atoms with Crippen molar-refractivity contribution in [2.75, 3.05) is 6.61 Å².